The van der Waals surface area contributed by atoms with Gasteiger partial charge in [0.2, 0.25) is 0 Å². The molecule has 0 spiro atoms. The van der Waals surface area contributed by atoms with E-state index in [2.05, 4.69) is 4.74 Å². The van der Waals surface area contributed by atoms with Gasteiger partial charge in [0.25, 0.3) is 0 Å². The summed E-state index contributed by atoms with van der Waals surface area (Å²) in [6.07, 6.45) is 0. The van der Waals surface area contributed by atoms with Gasteiger partial charge in [-0.15, -0.1) is 0 Å². The highest BCUT2D eigenvalue weighted by molar-refractivity contribution is 7.90. The van der Waals surface area contributed by atoms with Gasteiger partial charge in [0.15, 0.2) is 0 Å². The highest BCUT2D eigenvalue weighted by Crippen LogP contribution is 2.21. The first-order chi connectivity index (χ1) is 6.24. The van der Waals surface area contributed by atoms with E-state index in [9.17, 15) is 21.6 Å². The molecule has 0 radical (unpaired) electrons. The third-order valence-electron chi connectivity index (χ3n) is 1.21. The Hall–Kier alpha value is -0.380. The van der Waals surface area contributed by atoms with Crippen LogP contribution >= 0.6 is 0 Å². The quantitative estimate of drug-likeness (QED) is 0.671. The number of halogens is 3. The largest absolute Gasteiger partial charge is 0.511 e. The maximum absolute atomic E-state index is 11.8. The molecule has 1 atom stereocenters. The van der Waals surface area contributed by atoms with E-state index in [1.54, 1.807) is 0 Å². The van der Waals surface area contributed by atoms with E-state index in [-0.39, 0.29) is 6.61 Å². The van der Waals surface area contributed by atoms with Crippen LogP contribution in [-0.4, -0.2) is 45.4 Å². The Morgan fingerprint density at radius 1 is 1.50 bits per heavy atom. The van der Waals surface area contributed by atoms with Gasteiger partial charge < -0.3 is 9.84 Å². The summed E-state index contributed by atoms with van der Waals surface area (Å²) in [5.74, 6) is 0. The molecule has 0 aliphatic heterocycles. The van der Waals surface area contributed by atoms with Gasteiger partial charge in [-0.3, -0.25) is 0 Å². The number of alkyl halides is 3. The molecule has 0 saturated carbocycles. The van der Waals surface area contributed by atoms with Crippen molar-refractivity contribution in [1.29, 1.82) is 0 Å². The van der Waals surface area contributed by atoms with Gasteiger partial charge in [0, 0.05) is 7.11 Å². The lowest BCUT2D eigenvalue weighted by atomic mass is 10.4. The van der Waals surface area contributed by atoms with Crippen LogP contribution in [0.2, 0.25) is 0 Å². The average molecular weight is 237 g/mol. The summed E-state index contributed by atoms with van der Waals surface area (Å²) in [5.41, 5.74) is -5.38. The van der Waals surface area contributed by atoms with Crippen LogP contribution in [0.3, 0.4) is 0 Å². The maximum atomic E-state index is 11.8. The first kappa shape index (κ1) is 13.6. The minimum Gasteiger partial charge on any atom is -0.395 e. The molecule has 0 aliphatic carbocycles. The second-order valence-electron chi connectivity index (χ2n) is 2.40. The number of nitrogens with one attached hydrogen (secondary N) is 1. The molecule has 0 saturated heterocycles. The Balaban J connectivity index is 4.49. The fourth-order valence-corrected chi connectivity index (χ4v) is 1.33. The Labute approximate surface area is 78.9 Å². The van der Waals surface area contributed by atoms with Crippen molar-refractivity contribution in [2.75, 3.05) is 20.3 Å². The fraction of sp³-hybridized carbons (Fsp3) is 1.00. The highest BCUT2D eigenvalue weighted by Gasteiger charge is 2.46. The van der Waals surface area contributed by atoms with Crippen LogP contribution < -0.4 is 4.72 Å². The lowest BCUT2D eigenvalue weighted by Crippen LogP contribution is -2.46. The average Bonchev–Trinajstić information content (AvgIpc) is 2.01. The van der Waals surface area contributed by atoms with E-state index in [0.717, 1.165) is 0 Å². The monoisotopic (exact) mass is 237 g/mol. The van der Waals surface area contributed by atoms with E-state index in [1.807, 2.05) is 0 Å². The van der Waals surface area contributed by atoms with Crippen molar-refractivity contribution < 1.29 is 31.4 Å². The molecule has 0 heterocycles. The van der Waals surface area contributed by atoms with Crippen LogP contribution in [0.5, 0.6) is 0 Å². The predicted molar refractivity (Wildman–Crippen MR) is 40.9 cm³/mol. The lowest BCUT2D eigenvalue weighted by Gasteiger charge is -2.16. The number of aliphatic hydroxyl groups is 1. The Morgan fingerprint density at radius 3 is 2.29 bits per heavy atom. The third-order valence-corrected chi connectivity index (χ3v) is 2.47. The number of hydrogen-bond acceptors (Lipinski definition) is 4. The predicted octanol–water partition coefficient (Wildman–Crippen LogP) is -0.567. The van der Waals surface area contributed by atoms with Crippen molar-refractivity contribution in [1.82, 2.24) is 4.72 Å². The summed E-state index contributed by atoms with van der Waals surface area (Å²) < 4.78 is 62.0. The smallest absolute Gasteiger partial charge is 0.395 e. The number of methoxy groups -OCH3 is 1. The molecule has 0 aromatic carbocycles. The van der Waals surface area contributed by atoms with Crippen LogP contribution in [0.1, 0.15) is 0 Å². The number of ether oxygens (including phenoxy) is 1. The van der Waals surface area contributed by atoms with E-state index >= 15 is 0 Å². The summed E-state index contributed by atoms with van der Waals surface area (Å²) in [7, 11) is -4.25. The van der Waals surface area contributed by atoms with Gasteiger partial charge in [-0.05, 0) is 0 Å². The molecule has 0 amide bonds. The Kier molecular flexibility index (Phi) is 4.78. The summed E-state index contributed by atoms with van der Waals surface area (Å²) in [6.45, 7) is -1.12. The zero-order chi connectivity index (χ0) is 11.4. The minimum atomic E-state index is -5.42. The van der Waals surface area contributed by atoms with Gasteiger partial charge in [-0.25, -0.2) is 8.42 Å². The van der Waals surface area contributed by atoms with E-state index < -0.39 is 28.2 Å². The molecule has 0 aromatic rings. The van der Waals surface area contributed by atoms with E-state index in [0.29, 0.717) is 0 Å². The molecule has 0 aromatic heterocycles. The van der Waals surface area contributed by atoms with Gasteiger partial charge in [0.05, 0.1) is 19.3 Å². The molecule has 0 bridgehead atoms. The molecule has 2 N–H and O–H groups in total. The van der Waals surface area contributed by atoms with Crippen molar-refractivity contribution >= 4 is 10.0 Å². The van der Waals surface area contributed by atoms with Crippen LogP contribution in [0.25, 0.3) is 0 Å². The molecule has 5 nitrogen and oxygen atoms in total. The highest BCUT2D eigenvalue weighted by atomic mass is 32.2. The zero-order valence-corrected chi connectivity index (χ0v) is 8.02. The van der Waals surface area contributed by atoms with Crippen LogP contribution in [0.4, 0.5) is 13.2 Å². The van der Waals surface area contributed by atoms with E-state index in [1.165, 1.54) is 11.8 Å². The normalized spacial score (nSPS) is 15.5. The number of sulfonamides is 1. The standard InChI is InChI=1S/C5H10F3NO4S/c1-13-3-4(2-10)9-14(11,12)5(6,7)8/h4,9-10H,2-3H2,1H3. The van der Waals surface area contributed by atoms with Crippen molar-refractivity contribution in [2.24, 2.45) is 0 Å². The van der Waals surface area contributed by atoms with Crippen molar-refractivity contribution in [2.45, 2.75) is 11.6 Å². The molecule has 0 aliphatic rings. The Bertz CT molecular complexity index is 263. The topological polar surface area (TPSA) is 75.6 Å². The summed E-state index contributed by atoms with van der Waals surface area (Å²) in [6, 6.07) is -1.30. The number of aliphatic hydroxyl groups excluding tert-OH is 1. The molecule has 0 rings (SSSR count). The lowest BCUT2D eigenvalue weighted by molar-refractivity contribution is -0.0455. The number of rotatable bonds is 5. The molecule has 9 heteroatoms. The van der Waals surface area contributed by atoms with Gasteiger partial charge in [-0.1, -0.05) is 0 Å². The van der Waals surface area contributed by atoms with Crippen LogP contribution in [0.15, 0.2) is 0 Å². The minimum absolute atomic E-state index is 0.341. The van der Waals surface area contributed by atoms with Crippen LogP contribution in [0, 0.1) is 0 Å². The number of hydrogen-bond donors (Lipinski definition) is 2. The summed E-state index contributed by atoms with van der Waals surface area (Å²) >= 11 is 0. The third kappa shape index (κ3) is 3.78. The van der Waals surface area contributed by atoms with Crippen molar-refractivity contribution in [3.63, 3.8) is 0 Å². The second-order valence-corrected chi connectivity index (χ2v) is 4.11. The van der Waals surface area contributed by atoms with Crippen LogP contribution in [-0.2, 0) is 14.8 Å². The van der Waals surface area contributed by atoms with E-state index in [4.69, 9.17) is 5.11 Å². The van der Waals surface area contributed by atoms with Crippen molar-refractivity contribution in [3.8, 4) is 0 Å². The SMILES string of the molecule is COCC(CO)NS(=O)(=O)C(F)(F)F. The van der Waals surface area contributed by atoms with Gasteiger partial charge >= 0.3 is 15.5 Å². The Morgan fingerprint density at radius 2 is 2.00 bits per heavy atom. The van der Waals surface area contributed by atoms with Gasteiger partial charge in [-0.2, -0.15) is 17.9 Å². The first-order valence-corrected chi connectivity index (χ1v) is 4.91. The molecular formula is C5H10F3NO4S. The molecule has 14 heavy (non-hydrogen) atoms. The first-order valence-electron chi connectivity index (χ1n) is 3.43. The molecule has 86 valence electrons. The second kappa shape index (κ2) is 4.91. The maximum Gasteiger partial charge on any atom is 0.511 e. The molecule has 0 fully saturated rings. The summed E-state index contributed by atoms with van der Waals surface area (Å²) in [4.78, 5) is 0. The van der Waals surface area contributed by atoms with Crippen molar-refractivity contribution in [3.05, 3.63) is 0 Å². The fourth-order valence-electron chi connectivity index (χ4n) is 0.611. The van der Waals surface area contributed by atoms with Gasteiger partial charge in [0.1, 0.15) is 0 Å². The summed E-state index contributed by atoms with van der Waals surface area (Å²) in [5, 5.41) is 8.51. The molecular weight excluding hydrogens is 227 g/mol. The molecule has 1 unspecified atom stereocenters. The zero-order valence-electron chi connectivity index (χ0n) is 7.21.